The number of hydrogen-bond acceptors (Lipinski definition) is 2. The molecule has 116 valence electrons. The highest BCUT2D eigenvalue weighted by atomic mass is 16.5. The fourth-order valence-corrected chi connectivity index (χ4v) is 2.43. The smallest absolute Gasteiger partial charge is 0.120 e. The second-order valence-corrected chi connectivity index (χ2v) is 5.51. The van der Waals surface area contributed by atoms with Gasteiger partial charge in [0, 0.05) is 13.1 Å². The third kappa shape index (κ3) is 4.97. The van der Waals surface area contributed by atoms with Crippen molar-refractivity contribution in [3.05, 3.63) is 102 Å². The van der Waals surface area contributed by atoms with Crippen molar-refractivity contribution in [3.63, 3.8) is 0 Å². The molecule has 2 heteroatoms. The van der Waals surface area contributed by atoms with E-state index < -0.39 is 0 Å². The Morgan fingerprint density at radius 2 is 1.22 bits per heavy atom. The number of ether oxygens (including phenoxy) is 1. The Morgan fingerprint density at radius 1 is 0.609 bits per heavy atom. The lowest BCUT2D eigenvalue weighted by atomic mass is 10.2. The number of hydrogen-bond donors (Lipinski definition) is 1. The minimum absolute atomic E-state index is 0.599. The molecule has 3 aromatic rings. The highest BCUT2D eigenvalue weighted by Crippen LogP contribution is 2.15. The van der Waals surface area contributed by atoms with Gasteiger partial charge in [-0.2, -0.15) is 0 Å². The molecule has 3 rings (SSSR count). The maximum absolute atomic E-state index is 5.87. The fourth-order valence-electron chi connectivity index (χ4n) is 2.43. The second kappa shape index (κ2) is 8.16. The molecule has 2 nitrogen and oxygen atoms in total. The van der Waals surface area contributed by atoms with E-state index in [1.807, 2.05) is 36.4 Å². The second-order valence-electron chi connectivity index (χ2n) is 5.51. The monoisotopic (exact) mass is 303 g/mol. The summed E-state index contributed by atoms with van der Waals surface area (Å²) in [6.45, 7) is 2.30. The molecular formula is C21H21NO. The van der Waals surface area contributed by atoms with E-state index in [0.717, 1.165) is 18.8 Å². The van der Waals surface area contributed by atoms with E-state index in [4.69, 9.17) is 4.74 Å². The van der Waals surface area contributed by atoms with Crippen LogP contribution in [0.15, 0.2) is 84.9 Å². The molecule has 0 aliphatic carbocycles. The van der Waals surface area contributed by atoms with E-state index in [1.54, 1.807) is 0 Å². The maximum atomic E-state index is 5.87. The van der Waals surface area contributed by atoms with Crippen molar-refractivity contribution in [1.29, 1.82) is 0 Å². The predicted octanol–water partition coefficient (Wildman–Crippen LogP) is 4.56. The van der Waals surface area contributed by atoms with Gasteiger partial charge in [-0.05, 0) is 28.8 Å². The normalized spacial score (nSPS) is 10.4. The fraction of sp³-hybridized carbons (Fsp3) is 0.143. The summed E-state index contributed by atoms with van der Waals surface area (Å²) in [6, 6.07) is 28.9. The first-order valence-corrected chi connectivity index (χ1v) is 7.90. The molecule has 0 amide bonds. The van der Waals surface area contributed by atoms with E-state index in [-0.39, 0.29) is 0 Å². The van der Waals surface area contributed by atoms with Crippen LogP contribution >= 0.6 is 0 Å². The highest BCUT2D eigenvalue weighted by Gasteiger charge is 1.99. The van der Waals surface area contributed by atoms with Gasteiger partial charge >= 0.3 is 0 Å². The Hall–Kier alpha value is -2.58. The average Bonchev–Trinajstić information content (AvgIpc) is 2.62. The SMILES string of the molecule is c1ccc(CNCc2cccc(OCc3ccccc3)c2)cc1. The van der Waals surface area contributed by atoms with Crippen LogP contribution in [0.2, 0.25) is 0 Å². The zero-order chi connectivity index (χ0) is 15.7. The molecule has 0 radical (unpaired) electrons. The van der Waals surface area contributed by atoms with Gasteiger partial charge in [-0.25, -0.2) is 0 Å². The van der Waals surface area contributed by atoms with Crippen LogP contribution in [0.3, 0.4) is 0 Å². The molecule has 0 heterocycles. The Balaban J connectivity index is 1.51. The zero-order valence-corrected chi connectivity index (χ0v) is 13.1. The van der Waals surface area contributed by atoms with E-state index in [9.17, 15) is 0 Å². The molecule has 0 fully saturated rings. The molecule has 0 saturated heterocycles. The lowest BCUT2D eigenvalue weighted by Gasteiger charge is -2.09. The minimum atomic E-state index is 0.599. The highest BCUT2D eigenvalue weighted by molar-refractivity contribution is 5.29. The minimum Gasteiger partial charge on any atom is -0.489 e. The van der Waals surface area contributed by atoms with Gasteiger partial charge in [-0.15, -0.1) is 0 Å². The summed E-state index contributed by atoms with van der Waals surface area (Å²) >= 11 is 0. The van der Waals surface area contributed by atoms with Crippen LogP contribution < -0.4 is 10.1 Å². The van der Waals surface area contributed by atoms with Gasteiger partial charge < -0.3 is 10.1 Å². The lowest BCUT2D eigenvalue weighted by molar-refractivity contribution is 0.306. The van der Waals surface area contributed by atoms with E-state index in [0.29, 0.717) is 6.61 Å². The van der Waals surface area contributed by atoms with E-state index in [1.165, 1.54) is 16.7 Å². The quantitative estimate of drug-likeness (QED) is 0.691. The Morgan fingerprint density at radius 3 is 1.96 bits per heavy atom. The summed E-state index contributed by atoms with van der Waals surface area (Å²) in [7, 11) is 0. The first-order chi connectivity index (χ1) is 11.4. The van der Waals surface area contributed by atoms with Gasteiger partial charge in [0.2, 0.25) is 0 Å². The molecule has 1 N–H and O–H groups in total. The summed E-state index contributed by atoms with van der Waals surface area (Å²) < 4.78 is 5.87. The topological polar surface area (TPSA) is 21.3 Å². The molecule has 3 aromatic carbocycles. The van der Waals surface area contributed by atoms with Crippen molar-refractivity contribution in [2.75, 3.05) is 0 Å². The predicted molar refractivity (Wildman–Crippen MR) is 94.2 cm³/mol. The summed E-state index contributed by atoms with van der Waals surface area (Å²) in [4.78, 5) is 0. The van der Waals surface area contributed by atoms with Crippen LogP contribution in [0, 0.1) is 0 Å². The standard InChI is InChI=1S/C21H21NO/c1-3-8-18(9-4-1)15-22-16-20-12-7-13-21(14-20)23-17-19-10-5-2-6-11-19/h1-14,22H,15-17H2. The first kappa shape index (κ1) is 15.3. The first-order valence-electron chi connectivity index (χ1n) is 7.90. The van der Waals surface area contributed by atoms with Crippen LogP contribution in [0.1, 0.15) is 16.7 Å². The van der Waals surface area contributed by atoms with Crippen molar-refractivity contribution in [3.8, 4) is 5.75 Å². The molecule has 0 atom stereocenters. The zero-order valence-electron chi connectivity index (χ0n) is 13.1. The van der Waals surface area contributed by atoms with Crippen LogP contribution in [0.4, 0.5) is 0 Å². The average molecular weight is 303 g/mol. The summed E-state index contributed by atoms with van der Waals surface area (Å²) in [5.41, 5.74) is 3.70. The van der Waals surface area contributed by atoms with Gasteiger partial charge in [0.05, 0.1) is 0 Å². The van der Waals surface area contributed by atoms with Gasteiger partial charge in [0.1, 0.15) is 12.4 Å². The largest absolute Gasteiger partial charge is 0.489 e. The number of nitrogens with one attached hydrogen (secondary N) is 1. The van der Waals surface area contributed by atoms with Crippen LogP contribution in [0.5, 0.6) is 5.75 Å². The van der Waals surface area contributed by atoms with Crippen LogP contribution in [-0.2, 0) is 19.7 Å². The summed E-state index contributed by atoms with van der Waals surface area (Å²) in [5, 5.41) is 3.46. The van der Waals surface area contributed by atoms with Crippen molar-refractivity contribution in [1.82, 2.24) is 5.32 Å². The molecule has 0 spiro atoms. The molecule has 0 aliphatic rings. The molecule has 23 heavy (non-hydrogen) atoms. The van der Waals surface area contributed by atoms with Crippen molar-refractivity contribution < 1.29 is 4.74 Å². The molecular weight excluding hydrogens is 282 g/mol. The van der Waals surface area contributed by atoms with Gasteiger partial charge in [0.15, 0.2) is 0 Å². The Kier molecular flexibility index (Phi) is 5.43. The van der Waals surface area contributed by atoms with Crippen molar-refractivity contribution >= 4 is 0 Å². The third-order valence-corrected chi connectivity index (χ3v) is 3.65. The molecule has 0 aromatic heterocycles. The summed E-state index contributed by atoms with van der Waals surface area (Å²) in [6.07, 6.45) is 0. The van der Waals surface area contributed by atoms with Crippen LogP contribution in [0.25, 0.3) is 0 Å². The van der Waals surface area contributed by atoms with Crippen LogP contribution in [-0.4, -0.2) is 0 Å². The number of rotatable bonds is 7. The Bertz CT molecular complexity index is 710. The molecule has 0 unspecified atom stereocenters. The molecule has 0 aliphatic heterocycles. The van der Waals surface area contributed by atoms with Crippen molar-refractivity contribution in [2.45, 2.75) is 19.7 Å². The van der Waals surface area contributed by atoms with Gasteiger partial charge in [-0.1, -0.05) is 72.8 Å². The lowest BCUT2D eigenvalue weighted by Crippen LogP contribution is -2.12. The molecule has 0 saturated carbocycles. The van der Waals surface area contributed by atoms with Gasteiger partial charge in [0.25, 0.3) is 0 Å². The Labute approximate surface area is 137 Å². The van der Waals surface area contributed by atoms with Crippen molar-refractivity contribution in [2.24, 2.45) is 0 Å². The summed E-state index contributed by atoms with van der Waals surface area (Å²) in [5.74, 6) is 0.910. The van der Waals surface area contributed by atoms with E-state index >= 15 is 0 Å². The number of benzene rings is 3. The molecule has 0 bridgehead atoms. The van der Waals surface area contributed by atoms with Gasteiger partial charge in [-0.3, -0.25) is 0 Å². The maximum Gasteiger partial charge on any atom is 0.120 e. The van der Waals surface area contributed by atoms with E-state index in [2.05, 4.69) is 53.8 Å². The third-order valence-electron chi connectivity index (χ3n) is 3.65.